The second-order valence-corrected chi connectivity index (χ2v) is 13.9. The van der Waals surface area contributed by atoms with E-state index in [1.165, 1.54) is 35.4 Å². The van der Waals surface area contributed by atoms with Crippen LogP contribution in [0.1, 0.15) is 27.1 Å². The number of para-hydroxylation sites is 2. The second-order valence-electron chi connectivity index (χ2n) is 7.25. The Morgan fingerprint density at radius 1 is 0.933 bits per heavy atom. The van der Waals surface area contributed by atoms with Crippen LogP contribution >= 0.6 is 11.3 Å². The Hall–Kier alpha value is -1.93. The fraction of sp³-hybridized carbons (Fsp3) is 0.0833. The van der Waals surface area contributed by atoms with Gasteiger partial charge >= 0.3 is 196 Å². The molecule has 0 amide bonds. The van der Waals surface area contributed by atoms with Gasteiger partial charge in [-0.3, -0.25) is 0 Å². The Bertz CT molecular complexity index is 1210. The molecule has 1 aliphatic carbocycles. The van der Waals surface area contributed by atoms with E-state index in [2.05, 4.69) is 59.5 Å². The van der Waals surface area contributed by atoms with Crippen molar-refractivity contribution in [1.82, 2.24) is 0 Å². The molecule has 0 saturated heterocycles. The second kappa shape index (κ2) is 7.34. The molecule has 1 unspecified atom stereocenters. The first-order chi connectivity index (χ1) is 14.7. The number of carbonyl (C=O) groups excluding carboxylic acids is 2. The molecule has 0 spiro atoms. The van der Waals surface area contributed by atoms with Crippen molar-refractivity contribution in [2.75, 3.05) is 4.90 Å². The van der Waals surface area contributed by atoms with E-state index < -0.39 is 20.9 Å². The van der Waals surface area contributed by atoms with Crippen molar-refractivity contribution in [3.05, 3.63) is 91.9 Å². The van der Waals surface area contributed by atoms with Crippen molar-refractivity contribution in [3.8, 4) is 0 Å². The van der Waals surface area contributed by atoms with Gasteiger partial charge in [0.15, 0.2) is 0 Å². The number of hydrogen-bond donors (Lipinski definition) is 0. The van der Waals surface area contributed by atoms with Crippen LogP contribution in [0.15, 0.2) is 80.8 Å². The average molecular weight is 588 g/mol. The quantitative estimate of drug-likeness (QED) is 0.261. The summed E-state index contributed by atoms with van der Waals surface area (Å²) in [5.41, 5.74) is 4.14. The van der Waals surface area contributed by atoms with E-state index in [-0.39, 0.29) is 11.6 Å². The average Bonchev–Trinajstić information content (AvgIpc) is 3.48. The summed E-state index contributed by atoms with van der Waals surface area (Å²) in [5.74, 6) is -0.179. The molecule has 0 N–H and O–H groups in total. The fourth-order valence-corrected chi connectivity index (χ4v) is 10.5. The molecular weight excluding hydrogens is 573 g/mol. The predicted molar refractivity (Wildman–Crippen MR) is 123 cm³/mol. The van der Waals surface area contributed by atoms with Gasteiger partial charge in [0, 0.05) is 0 Å². The number of rotatable bonds is 2. The van der Waals surface area contributed by atoms with Gasteiger partial charge in [-0.25, -0.2) is 0 Å². The van der Waals surface area contributed by atoms with Crippen LogP contribution < -0.4 is 13.8 Å². The SMILES string of the molecule is O=C1C(=CC2CC=C(N3c4ccccc4[Se]c4ccccc43)[Te]2)C(=O)c2cscc21. The van der Waals surface area contributed by atoms with E-state index in [4.69, 9.17) is 0 Å². The molecule has 6 heteroatoms. The normalized spacial score (nSPS) is 19.5. The van der Waals surface area contributed by atoms with E-state index in [9.17, 15) is 9.59 Å². The van der Waals surface area contributed by atoms with E-state index in [1.54, 1.807) is 10.8 Å². The third-order valence-electron chi connectivity index (χ3n) is 5.44. The van der Waals surface area contributed by atoms with E-state index >= 15 is 0 Å². The molecular formula is C24H15NO2SSeTe. The Labute approximate surface area is 194 Å². The number of thiophene rings is 1. The fourth-order valence-electron chi connectivity index (χ4n) is 4.04. The minimum absolute atomic E-state index is 0.0893. The number of carbonyl (C=O) groups is 2. The summed E-state index contributed by atoms with van der Waals surface area (Å²) in [5, 5.41) is 3.60. The summed E-state index contributed by atoms with van der Waals surface area (Å²) in [4.78, 5) is 27.8. The van der Waals surface area contributed by atoms with Gasteiger partial charge in [-0.1, -0.05) is 0 Å². The van der Waals surface area contributed by atoms with Crippen LogP contribution in [0.4, 0.5) is 11.4 Å². The number of allylic oxidation sites excluding steroid dienone is 3. The van der Waals surface area contributed by atoms with Gasteiger partial charge < -0.3 is 0 Å². The zero-order chi connectivity index (χ0) is 20.2. The van der Waals surface area contributed by atoms with E-state index in [0.717, 1.165) is 6.42 Å². The summed E-state index contributed by atoms with van der Waals surface area (Å²) >= 11 is 1.15. The van der Waals surface area contributed by atoms with Crippen molar-refractivity contribution < 1.29 is 9.59 Å². The summed E-state index contributed by atoms with van der Waals surface area (Å²) < 4.78 is 4.49. The summed E-state index contributed by atoms with van der Waals surface area (Å²) in [6.45, 7) is 0. The number of nitrogens with zero attached hydrogens (tertiary/aromatic N) is 1. The van der Waals surface area contributed by atoms with Crippen LogP contribution in [0.3, 0.4) is 0 Å². The van der Waals surface area contributed by atoms with Crippen LogP contribution in [0, 0.1) is 0 Å². The number of ketones is 2. The van der Waals surface area contributed by atoms with Crippen molar-refractivity contribution in [2.24, 2.45) is 0 Å². The van der Waals surface area contributed by atoms with Crippen LogP contribution in [0.5, 0.6) is 0 Å². The standard InChI is InChI=1S/C24H15NO2SSeTe/c26-23-15(24(27)17-13-28-12-16(17)23)11-14-9-10-22(30-14)25-18-5-1-3-7-20(18)29-21-8-4-2-6-19(21)25/h1-8,10-14H,9H2. The van der Waals surface area contributed by atoms with Gasteiger partial charge in [0.2, 0.25) is 0 Å². The predicted octanol–water partition coefficient (Wildman–Crippen LogP) is 3.60. The third kappa shape index (κ3) is 2.91. The van der Waals surface area contributed by atoms with Gasteiger partial charge in [0.1, 0.15) is 0 Å². The minimum atomic E-state index is -0.588. The number of hydrogen-bond acceptors (Lipinski definition) is 4. The summed E-state index contributed by atoms with van der Waals surface area (Å²) in [6, 6.07) is 17.4. The number of anilines is 2. The maximum atomic E-state index is 12.7. The van der Waals surface area contributed by atoms with Crippen molar-refractivity contribution >= 4 is 79.1 Å². The molecule has 2 aliphatic heterocycles. The number of fused-ring (bicyclic) bond motifs is 3. The van der Waals surface area contributed by atoms with Crippen LogP contribution in [0.2, 0.25) is 3.97 Å². The van der Waals surface area contributed by atoms with Crippen LogP contribution in [-0.2, 0) is 0 Å². The molecule has 3 heterocycles. The maximum absolute atomic E-state index is 12.7. The van der Waals surface area contributed by atoms with E-state index in [0.29, 0.717) is 35.6 Å². The van der Waals surface area contributed by atoms with Crippen molar-refractivity contribution in [2.45, 2.75) is 10.4 Å². The first-order valence-corrected chi connectivity index (χ1v) is 14.8. The number of Topliss-reactive ketones (excluding diaryl/α,β-unsaturated/α-hetero) is 2. The molecule has 0 radical (unpaired) electrons. The zero-order valence-corrected chi connectivity index (χ0v) is 20.6. The van der Waals surface area contributed by atoms with Gasteiger partial charge in [-0.05, 0) is 0 Å². The van der Waals surface area contributed by atoms with Crippen LogP contribution in [-0.4, -0.2) is 47.4 Å². The number of benzene rings is 2. The van der Waals surface area contributed by atoms with Crippen molar-refractivity contribution in [1.29, 1.82) is 0 Å². The molecule has 1 aromatic heterocycles. The van der Waals surface area contributed by atoms with Gasteiger partial charge in [-0.15, -0.1) is 0 Å². The molecule has 146 valence electrons. The Morgan fingerprint density at radius 3 is 2.17 bits per heavy atom. The molecule has 0 bridgehead atoms. The first-order valence-electron chi connectivity index (χ1n) is 9.61. The molecule has 30 heavy (non-hydrogen) atoms. The Balaban J connectivity index is 1.32. The molecule has 0 saturated carbocycles. The zero-order valence-electron chi connectivity index (χ0n) is 15.7. The van der Waals surface area contributed by atoms with Crippen molar-refractivity contribution in [3.63, 3.8) is 0 Å². The molecule has 6 rings (SSSR count). The molecule has 2 aromatic carbocycles. The monoisotopic (exact) mass is 591 g/mol. The van der Waals surface area contributed by atoms with Gasteiger partial charge in [0.25, 0.3) is 0 Å². The van der Waals surface area contributed by atoms with Gasteiger partial charge in [-0.2, -0.15) is 0 Å². The molecule has 3 nitrogen and oxygen atoms in total. The first kappa shape index (κ1) is 18.8. The topological polar surface area (TPSA) is 37.4 Å². The van der Waals surface area contributed by atoms with E-state index in [1.807, 2.05) is 6.08 Å². The molecule has 1 atom stereocenters. The third-order valence-corrected chi connectivity index (χ3v) is 12.0. The molecule has 0 fully saturated rings. The van der Waals surface area contributed by atoms with Crippen LogP contribution in [0.25, 0.3) is 0 Å². The van der Waals surface area contributed by atoms with Gasteiger partial charge in [0.05, 0.1) is 0 Å². The Kier molecular flexibility index (Phi) is 4.60. The summed E-state index contributed by atoms with van der Waals surface area (Å²) in [6.07, 6.45) is 5.21. The summed E-state index contributed by atoms with van der Waals surface area (Å²) in [7, 11) is 0. The molecule has 3 aromatic rings. The molecule has 3 aliphatic rings. The Morgan fingerprint density at radius 2 is 1.53 bits per heavy atom.